The van der Waals surface area contributed by atoms with Crippen molar-refractivity contribution in [3.63, 3.8) is 0 Å². The zero-order valence-electron chi connectivity index (χ0n) is 9.99. The van der Waals surface area contributed by atoms with Crippen molar-refractivity contribution >= 4 is 28.1 Å². The number of aromatic nitrogens is 2. The molecule has 0 saturated carbocycles. The predicted octanol–water partition coefficient (Wildman–Crippen LogP) is 3.87. The lowest BCUT2D eigenvalue weighted by molar-refractivity contribution is -0.138. The molecule has 1 heterocycles. The fourth-order valence-corrected chi connectivity index (χ4v) is 3.26. The molecule has 1 aromatic heterocycles. The minimum atomic E-state index is -4.47. The highest BCUT2D eigenvalue weighted by molar-refractivity contribution is 7.15. The SMILES string of the molecule is FC(F)(F)c1nnc(NC2c3ccccc3CC2Cl)s1. The van der Waals surface area contributed by atoms with Gasteiger partial charge in [0.2, 0.25) is 10.1 Å². The summed E-state index contributed by atoms with van der Waals surface area (Å²) in [6.07, 6.45) is -3.79. The van der Waals surface area contributed by atoms with Gasteiger partial charge in [-0.2, -0.15) is 13.2 Å². The Morgan fingerprint density at radius 2 is 2.00 bits per heavy atom. The van der Waals surface area contributed by atoms with Gasteiger partial charge in [0.1, 0.15) is 0 Å². The number of fused-ring (bicyclic) bond motifs is 1. The zero-order valence-corrected chi connectivity index (χ0v) is 11.6. The first-order chi connectivity index (χ1) is 9.45. The molecule has 2 atom stereocenters. The van der Waals surface area contributed by atoms with Gasteiger partial charge in [0.05, 0.1) is 11.4 Å². The van der Waals surface area contributed by atoms with Gasteiger partial charge in [-0.3, -0.25) is 0 Å². The maximum atomic E-state index is 12.5. The summed E-state index contributed by atoms with van der Waals surface area (Å²) < 4.78 is 37.5. The Kier molecular flexibility index (Phi) is 3.33. The van der Waals surface area contributed by atoms with E-state index in [0.29, 0.717) is 17.8 Å². The highest BCUT2D eigenvalue weighted by atomic mass is 35.5. The Bertz CT molecular complexity index is 628. The van der Waals surface area contributed by atoms with E-state index in [4.69, 9.17) is 11.6 Å². The molecule has 1 aliphatic rings. The lowest BCUT2D eigenvalue weighted by atomic mass is 10.1. The molecule has 0 bridgehead atoms. The van der Waals surface area contributed by atoms with Crippen molar-refractivity contribution in [2.45, 2.75) is 24.0 Å². The molecule has 1 aromatic carbocycles. The zero-order chi connectivity index (χ0) is 14.3. The summed E-state index contributed by atoms with van der Waals surface area (Å²) in [5.41, 5.74) is 2.10. The molecule has 2 aromatic rings. The highest BCUT2D eigenvalue weighted by Crippen LogP contribution is 2.39. The summed E-state index contributed by atoms with van der Waals surface area (Å²) in [5, 5.41) is 8.58. The molecule has 1 N–H and O–H groups in total. The van der Waals surface area contributed by atoms with Crippen molar-refractivity contribution in [1.29, 1.82) is 0 Å². The van der Waals surface area contributed by atoms with Crippen LogP contribution in [0, 0.1) is 0 Å². The van der Waals surface area contributed by atoms with Crippen LogP contribution in [0.5, 0.6) is 0 Å². The van der Waals surface area contributed by atoms with Crippen LogP contribution in [0.15, 0.2) is 24.3 Å². The molecule has 20 heavy (non-hydrogen) atoms. The molecule has 3 rings (SSSR count). The quantitative estimate of drug-likeness (QED) is 0.854. The molecule has 0 radical (unpaired) electrons. The van der Waals surface area contributed by atoms with E-state index in [0.717, 1.165) is 11.1 Å². The van der Waals surface area contributed by atoms with E-state index >= 15 is 0 Å². The van der Waals surface area contributed by atoms with Gasteiger partial charge in [-0.25, -0.2) is 0 Å². The summed E-state index contributed by atoms with van der Waals surface area (Å²) in [7, 11) is 0. The number of rotatable bonds is 2. The van der Waals surface area contributed by atoms with Gasteiger partial charge in [0.15, 0.2) is 0 Å². The van der Waals surface area contributed by atoms with Gasteiger partial charge < -0.3 is 5.32 Å². The van der Waals surface area contributed by atoms with Crippen molar-refractivity contribution in [3.8, 4) is 0 Å². The molecule has 0 fully saturated rings. The molecule has 2 unspecified atom stereocenters. The summed E-state index contributed by atoms with van der Waals surface area (Å²) in [6.45, 7) is 0. The predicted molar refractivity (Wildman–Crippen MR) is 71.1 cm³/mol. The van der Waals surface area contributed by atoms with Crippen molar-refractivity contribution in [1.82, 2.24) is 10.2 Å². The third-order valence-corrected chi connectivity index (χ3v) is 4.42. The van der Waals surface area contributed by atoms with Gasteiger partial charge in [-0.1, -0.05) is 35.6 Å². The van der Waals surface area contributed by atoms with Crippen LogP contribution in [0.4, 0.5) is 18.3 Å². The second kappa shape index (κ2) is 4.89. The summed E-state index contributed by atoms with van der Waals surface area (Å²) in [6, 6.07) is 7.43. The Hall–Kier alpha value is -1.34. The molecule has 3 nitrogen and oxygen atoms in total. The maximum Gasteiger partial charge on any atom is 0.445 e. The number of halogens is 4. The lowest BCUT2D eigenvalue weighted by Crippen LogP contribution is -2.16. The number of hydrogen-bond donors (Lipinski definition) is 1. The Morgan fingerprint density at radius 3 is 2.70 bits per heavy atom. The number of nitrogens with zero attached hydrogens (tertiary/aromatic N) is 2. The largest absolute Gasteiger partial charge is 0.445 e. The monoisotopic (exact) mass is 319 g/mol. The van der Waals surface area contributed by atoms with Crippen LogP contribution >= 0.6 is 22.9 Å². The first kappa shape index (κ1) is 13.6. The summed E-state index contributed by atoms with van der Waals surface area (Å²) in [5.74, 6) is 0. The molecular formula is C12H9ClF3N3S. The number of benzene rings is 1. The first-order valence-electron chi connectivity index (χ1n) is 5.84. The summed E-state index contributed by atoms with van der Waals surface area (Å²) in [4.78, 5) is 0. The van der Waals surface area contributed by atoms with Crippen LogP contribution < -0.4 is 5.32 Å². The van der Waals surface area contributed by atoms with E-state index in [1.165, 1.54) is 0 Å². The minimum Gasteiger partial charge on any atom is -0.352 e. The van der Waals surface area contributed by atoms with Crippen molar-refractivity contribution < 1.29 is 13.2 Å². The third-order valence-electron chi connectivity index (χ3n) is 3.11. The average Bonchev–Trinajstić information content (AvgIpc) is 2.95. The topological polar surface area (TPSA) is 37.8 Å². The van der Waals surface area contributed by atoms with E-state index in [-0.39, 0.29) is 16.6 Å². The van der Waals surface area contributed by atoms with E-state index in [9.17, 15) is 13.2 Å². The molecule has 0 spiro atoms. The van der Waals surface area contributed by atoms with Crippen LogP contribution in [0.25, 0.3) is 0 Å². The van der Waals surface area contributed by atoms with Crippen LogP contribution in [0.2, 0.25) is 0 Å². The molecule has 8 heteroatoms. The molecular weight excluding hydrogens is 311 g/mol. The number of anilines is 1. The smallest absolute Gasteiger partial charge is 0.352 e. The van der Waals surface area contributed by atoms with Crippen molar-refractivity contribution in [2.24, 2.45) is 0 Å². The summed E-state index contributed by atoms with van der Waals surface area (Å²) >= 11 is 6.75. The van der Waals surface area contributed by atoms with Crippen LogP contribution in [-0.4, -0.2) is 15.6 Å². The van der Waals surface area contributed by atoms with Gasteiger partial charge >= 0.3 is 6.18 Å². The van der Waals surface area contributed by atoms with Gasteiger partial charge in [0, 0.05) is 0 Å². The van der Waals surface area contributed by atoms with E-state index < -0.39 is 11.2 Å². The van der Waals surface area contributed by atoms with E-state index in [2.05, 4.69) is 15.5 Å². The lowest BCUT2D eigenvalue weighted by Gasteiger charge is -2.16. The first-order valence-corrected chi connectivity index (χ1v) is 7.09. The van der Waals surface area contributed by atoms with Crippen molar-refractivity contribution in [3.05, 3.63) is 40.4 Å². The Balaban J connectivity index is 1.83. The molecule has 1 aliphatic carbocycles. The standard InChI is InChI=1S/C12H9ClF3N3S/c13-8-5-6-3-1-2-4-7(6)9(8)17-11-19-18-10(20-11)12(14,15)16/h1-4,8-9H,5H2,(H,17,19). The molecule has 0 saturated heterocycles. The Labute approximate surface area is 121 Å². The Morgan fingerprint density at radius 1 is 1.25 bits per heavy atom. The second-order valence-corrected chi connectivity index (χ2v) is 5.99. The van der Waals surface area contributed by atoms with E-state index in [1.54, 1.807) is 0 Å². The number of alkyl halides is 4. The normalized spacial score (nSPS) is 21.8. The van der Waals surface area contributed by atoms with Gasteiger partial charge in [-0.15, -0.1) is 21.8 Å². The maximum absolute atomic E-state index is 12.5. The van der Waals surface area contributed by atoms with Gasteiger partial charge in [-0.05, 0) is 17.5 Å². The molecule has 0 aliphatic heterocycles. The molecule has 106 valence electrons. The van der Waals surface area contributed by atoms with Gasteiger partial charge in [0.25, 0.3) is 0 Å². The van der Waals surface area contributed by atoms with Crippen LogP contribution in [-0.2, 0) is 12.6 Å². The highest BCUT2D eigenvalue weighted by Gasteiger charge is 2.37. The minimum absolute atomic E-state index is 0.129. The van der Waals surface area contributed by atoms with E-state index in [1.807, 2.05) is 24.3 Å². The van der Waals surface area contributed by atoms with Crippen LogP contribution in [0.1, 0.15) is 22.2 Å². The number of nitrogens with one attached hydrogen (secondary N) is 1. The fraction of sp³-hybridized carbons (Fsp3) is 0.333. The second-order valence-electron chi connectivity index (χ2n) is 4.45. The third kappa shape index (κ3) is 2.47. The number of hydrogen-bond acceptors (Lipinski definition) is 4. The molecule has 0 amide bonds. The average molecular weight is 320 g/mol. The van der Waals surface area contributed by atoms with Crippen molar-refractivity contribution in [2.75, 3.05) is 5.32 Å². The van der Waals surface area contributed by atoms with Crippen LogP contribution in [0.3, 0.4) is 0 Å². The fourth-order valence-electron chi connectivity index (χ4n) is 2.24.